The lowest BCUT2D eigenvalue weighted by Crippen LogP contribution is -2.31. The quantitative estimate of drug-likeness (QED) is 0.633. The van der Waals surface area contributed by atoms with Crippen molar-refractivity contribution in [1.29, 1.82) is 0 Å². The van der Waals surface area contributed by atoms with E-state index in [1.807, 2.05) is 18.2 Å². The van der Waals surface area contributed by atoms with Crippen LogP contribution < -0.4 is 10.6 Å². The van der Waals surface area contributed by atoms with Crippen molar-refractivity contribution < 1.29 is 9.59 Å². The van der Waals surface area contributed by atoms with E-state index in [0.29, 0.717) is 18.7 Å². The minimum Gasteiger partial charge on any atom is -0.359 e. The van der Waals surface area contributed by atoms with Crippen LogP contribution in [0.3, 0.4) is 0 Å². The van der Waals surface area contributed by atoms with Crippen molar-refractivity contribution in [3.05, 3.63) is 41.3 Å². The van der Waals surface area contributed by atoms with E-state index in [9.17, 15) is 9.59 Å². The fourth-order valence-electron chi connectivity index (χ4n) is 4.09. The Hall–Kier alpha value is -2.87. The third-order valence-corrected chi connectivity index (χ3v) is 6.45. The van der Waals surface area contributed by atoms with Gasteiger partial charge in [0.2, 0.25) is 5.91 Å². The number of carbonyl (C=O) groups is 2. The largest absolute Gasteiger partial charge is 0.359 e. The van der Waals surface area contributed by atoms with Crippen LogP contribution in [-0.2, 0) is 28.9 Å². The molecule has 3 heterocycles. The highest BCUT2D eigenvalue weighted by atomic mass is 32.2. The first-order valence-electron chi connectivity index (χ1n) is 9.29. The first-order valence-corrected chi connectivity index (χ1v) is 10.1. The van der Waals surface area contributed by atoms with Gasteiger partial charge in [-0.05, 0) is 42.5 Å². The van der Waals surface area contributed by atoms with Gasteiger partial charge >= 0.3 is 0 Å². The van der Waals surface area contributed by atoms with Crippen molar-refractivity contribution >= 4 is 45.3 Å². The summed E-state index contributed by atoms with van der Waals surface area (Å²) in [5, 5.41) is 7.27. The van der Waals surface area contributed by atoms with Crippen LogP contribution >= 0.6 is 11.8 Å². The maximum Gasteiger partial charge on any atom is 0.223 e. The van der Waals surface area contributed by atoms with Gasteiger partial charge in [0.25, 0.3) is 0 Å². The predicted octanol–water partition coefficient (Wildman–Crippen LogP) is 2.73. The lowest BCUT2D eigenvalue weighted by Gasteiger charge is -2.21. The summed E-state index contributed by atoms with van der Waals surface area (Å²) in [4.78, 5) is 37.1. The number of H-pyrrole nitrogens is 1. The molecule has 1 unspecified atom stereocenters. The zero-order valence-electron chi connectivity index (χ0n) is 15.3. The van der Waals surface area contributed by atoms with Crippen molar-refractivity contribution in [3.63, 3.8) is 0 Å². The number of anilines is 2. The molecule has 0 saturated heterocycles. The van der Waals surface area contributed by atoms with E-state index in [1.165, 1.54) is 18.1 Å². The van der Waals surface area contributed by atoms with E-state index < -0.39 is 0 Å². The summed E-state index contributed by atoms with van der Waals surface area (Å²) in [6, 6.07) is 5.95. The van der Waals surface area contributed by atoms with Gasteiger partial charge in [-0.1, -0.05) is 17.8 Å². The molecular formula is C20H19N5O2S. The number of aromatic amines is 1. The number of hydrogen-bond acceptors (Lipinski definition) is 6. The van der Waals surface area contributed by atoms with E-state index in [1.54, 1.807) is 7.05 Å². The molecule has 8 heteroatoms. The molecule has 1 amide bonds. The maximum absolute atomic E-state index is 12.1. The molecule has 1 aliphatic carbocycles. The fraction of sp³-hybridized carbons (Fsp3) is 0.300. The molecular weight excluding hydrogens is 374 g/mol. The predicted molar refractivity (Wildman–Crippen MR) is 108 cm³/mol. The molecule has 7 nitrogen and oxygen atoms in total. The summed E-state index contributed by atoms with van der Waals surface area (Å²) >= 11 is 1.29. The van der Waals surface area contributed by atoms with Gasteiger partial charge in [0.15, 0.2) is 5.12 Å². The third-order valence-electron chi connectivity index (χ3n) is 5.48. The Kier molecular flexibility index (Phi) is 4.08. The van der Waals surface area contributed by atoms with Crippen molar-refractivity contribution in [2.45, 2.75) is 30.6 Å². The van der Waals surface area contributed by atoms with Crippen molar-refractivity contribution in [2.75, 3.05) is 12.4 Å². The molecule has 1 atom stereocenters. The number of benzene rings is 1. The number of rotatable bonds is 3. The van der Waals surface area contributed by atoms with Crippen LogP contribution in [0.5, 0.6) is 0 Å². The molecule has 0 saturated carbocycles. The number of amides is 1. The lowest BCUT2D eigenvalue weighted by atomic mass is 9.86. The topological polar surface area (TPSA) is 99.8 Å². The number of thioether (sulfide) groups is 1. The van der Waals surface area contributed by atoms with Crippen molar-refractivity contribution in [3.8, 4) is 0 Å². The van der Waals surface area contributed by atoms with Gasteiger partial charge in [0.1, 0.15) is 17.8 Å². The molecule has 0 spiro atoms. The van der Waals surface area contributed by atoms with E-state index in [2.05, 4.69) is 25.6 Å². The first-order chi connectivity index (χ1) is 13.6. The van der Waals surface area contributed by atoms with Gasteiger partial charge in [-0.25, -0.2) is 9.97 Å². The Balaban J connectivity index is 1.53. The zero-order valence-corrected chi connectivity index (χ0v) is 16.2. The highest BCUT2D eigenvalue weighted by molar-refractivity contribution is 8.14. The second-order valence-corrected chi connectivity index (χ2v) is 8.28. The fourth-order valence-corrected chi connectivity index (χ4v) is 5.02. The average molecular weight is 393 g/mol. The van der Waals surface area contributed by atoms with E-state index in [-0.39, 0.29) is 16.9 Å². The molecule has 2 aliphatic rings. The summed E-state index contributed by atoms with van der Waals surface area (Å²) in [6.07, 6.45) is 4.34. The summed E-state index contributed by atoms with van der Waals surface area (Å²) in [5.41, 5.74) is 4.98. The summed E-state index contributed by atoms with van der Waals surface area (Å²) in [5.74, 6) is 0.757. The molecule has 1 aromatic carbocycles. The average Bonchev–Trinajstić information content (AvgIpc) is 3.26. The normalized spacial score (nSPS) is 18.0. The smallest absolute Gasteiger partial charge is 0.223 e. The standard InChI is InChI=1S/C20H19N5O2S/c1-21-20(27)11-3-5-14-13(6-11)17-18(22-9-23-19(17)25-14)24-12-4-2-10-7-16(26)28-15(10)8-12/h2,4,8-9,11H,3,5-7H2,1H3,(H,21,27)(H2,22,23,24,25). The molecule has 142 valence electrons. The van der Waals surface area contributed by atoms with Crippen LogP contribution in [0.2, 0.25) is 0 Å². The van der Waals surface area contributed by atoms with Gasteiger partial charge in [0.05, 0.1) is 5.39 Å². The van der Waals surface area contributed by atoms with Crippen LogP contribution in [0.15, 0.2) is 29.4 Å². The SMILES string of the molecule is CNC(=O)C1CCc2[nH]c3ncnc(Nc4ccc5c(c4)SC(=O)C5)c3c2C1. The van der Waals surface area contributed by atoms with Crippen LogP contribution in [0.25, 0.3) is 11.0 Å². The summed E-state index contributed by atoms with van der Waals surface area (Å²) < 4.78 is 0. The molecule has 0 fully saturated rings. The molecule has 0 radical (unpaired) electrons. The van der Waals surface area contributed by atoms with Gasteiger partial charge in [-0.15, -0.1) is 0 Å². The minimum atomic E-state index is -0.0352. The van der Waals surface area contributed by atoms with Gasteiger partial charge < -0.3 is 15.6 Å². The number of fused-ring (bicyclic) bond motifs is 4. The number of carbonyl (C=O) groups excluding carboxylic acids is 2. The number of hydrogen-bond donors (Lipinski definition) is 3. The molecule has 5 rings (SSSR count). The number of nitrogens with zero attached hydrogens (tertiary/aromatic N) is 2. The highest BCUT2D eigenvalue weighted by Crippen LogP contribution is 2.37. The van der Waals surface area contributed by atoms with Gasteiger partial charge in [-0.3, -0.25) is 9.59 Å². The second-order valence-electron chi connectivity index (χ2n) is 7.18. The monoisotopic (exact) mass is 393 g/mol. The molecule has 3 aromatic rings. The molecule has 28 heavy (non-hydrogen) atoms. The number of aromatic nitrogens is 3. The lowest BCUT2D eigenvalue weighted by molar-refractivity contribution is -0.124. The van der Waals surface area contributed by atoms with Gasteiger partial charge in [0, 0.05) is 35.7 Å². The van der Waals surface area contributed by atoms with Gasteiger partial charge in [-0.2, -0.15) is 0 Å². The number of aryl methyl sites for hydroxylation is 1. The Morgan fingerprint density at radius 3 is 3.07 bits per heavy atom. The molecule has 0 bridgehead atoms. The molecule has 3 N–H and O–H groups in total. The van der Waals surface area contributed by atoms with Crippen LogP contribution in [0, 0.1) is 5.92 Å². The Morgan fingerprint density at radius 2 is 2.21 bits per heavy atom. The third kappa shape index (κ3) is 2.84. The molecule has 1 aliphatic heterocycles. The Labute approximate surface area is 165 Å². The second kappa shape index (κ2) is 6.63. The number of nitrogens with one attached hydrogen (secondary N) is 3. The maximum atomic E-state index is 12.1. The van der Waals surface area contributed by atoms with Crippen molar-refractivity contribution in [2.24, 2.45) is 5.92 Å². The highest BCUT2D eigenvalue weighted by Gasteiger charge is 2.28. The Bertz CT molecular complexity index is 1120. The van der Waals surface area contributed by atoms with Crippen LogP contribution in [0.4, 0.5) is 11.5 Å². The van der Waals surface area contributed by atoms with Crippen molar-refractivity contribution in [1.82, 2.24) is 20.3 Å². The van der Waals surface area contributed by atoms with Crippen LogP contribution in [-0.4, -0.2) is 33.0 Å². The van der Waals surface area contributed by atoms with Crippen LogP contribution in [0.1, 0.15) is 23.2 Å². The zero-order chi connectivity index (χ0) is 19.3. The van der Waals surface area contributed by atoms with E-state index in [0.717, 1.165) is 51.3 Å². The molecule has 2 aromatic heterocycles. The van der Waals surface area contributed by atoms with E-state index in [4.69, 9.17) is 0 Å². The Morgan fingerprint density at radius 1 is 1.32 bits per heavy atom. The minimum absolute atomic E-state index is 0.0352. The first kappa shape index (κ1) is 17.2. The van der Waals surface area contributed by atoms with E-state index >= 15 is 0 Å². The summed E-state index contributed by atoms with van der Waals surface area (Å²) in [6.45, 7) is 0. The summed E-state index contributed by atoms with van der Waals surface area (Å²) in [7, 11) is 1.68.